The zero-order chi connectivity index (χ0) is 10.2. The van der Waals surface area contributed by atoms with Gasteiger partial charge in [0.05, 0.1) is 0 Å². The van der Waals surface area contributed by atoms with Crippen molar-refractivity contribution in [2.24, 2.45) is 0 Å². The van der Waals surface area contributed by atoms with Crippen molar-refractivity contribution in [3.8, 4) is 0 Å². The SMILES string of the molecule is Cc1cccc(CNCCCCI)c1. The molecule has 2 heteroatoms. The molecule has 0 heterocycles. The largest absolute Gasteiger partial charge is 0.313 e. The summed E-state index contributed by atoms with van der Waals surface area (Å²) < 4.78 is 1.27. The first kappa shape index (κ1) is 12.0. The molecule has 0 aliphatic heterocycles. The summed E-state index contributed by atoms with van der Waals surface area (Å²) in [6, 6.07) is 8.68. The molecule has 0 bridgehead atoms. The minimum Gasteiger partial charge on any atom is -0.313 e. The van der Waals surface area contributed by atoms with Gasteiger partial charge >= 0.3 is 0 Å². The molecule has 0 unspecified atom stereocenters. The number of aryl methyl sites for hydroxylation is 1. The lowest BCUT2D eigenvalue weighted by Gasteiger charge is -2.04. The Morgan fingerprint density at radius 1 is 1.29 bits per heavy atom. The summed E-state index contributed by atoms with van der Waals surface area (Å²) in [7, 11) is 0. The molecule has 0 fully saturated rings. The second kappa shape index (κ2) is 7.23. The lowest BCUT2D eigenvalue weighted by atomic mass is 10.1. The summed E-state index contributed by atoms with van der Waals surface area (Å²) in [5.41, 5.74) is 2.73. The zero-order valence-corrected chi connectivity index (χ0v) is 10.9. The monoisotopic (exact) mass is 303 g/mol. The smallest absolute Gasteiger partial charge is 0.0205 e. The molecule has 0 aliphatic rings. The average Bonchev–Trinajstić information content (AvgIpc) is 2.18. The Bertz CT molecular complexity index is 260. The van der Waals surface area contributed by atoms with Crippen LogP contribution in [0.15, 0.2) is 24.3 Å². The van der Waals surface area contributed by atoms with Gasteiger partial charge in [-0.05, 0) is 36.3 Å². The lowest BCUT2D eigenvalue weighted by molar-refractivity contribution is 0.645. The van der Waals surface area contributed by atoms with Crippen molar-refractivity contribution in [3.63, 3.8) is 0 Å². The van der Waals surface area contributed by atoms with Gasteiger partial charge in [0.15, 0.2) is 0 Å². The van der Waals surface area contributed by atoms with E-state index in [1.54, 1.807) is 0 Å². The minimum atomic E-state index is 1.00. The van der Waals surface area contributed by atoms with Crippen molar-refractivity contribution in [1.82, 2.24) is 5.32 Å². The first-order chi connectivity index (χ1) is 6.83. The van der Waals surface area contributed by atoms with Crippen molar-refractivity contribution < 1.29 is 0 Å². The Hall–Kier alpha value is -0.0900. The van der Waals surface area contributed by atoms with Gasteiger partial charge in [0.25, 0.3) is 0 Å². The van der Waals surface area contributed by atoms with Crippen LogP contribution in [0.5, 0.6) is 0 Å². The van der Waals surface area contributed by atoms with Gasteiger partial charge in [-0.3, -0.25) is 0 Å². The predicted octanol–water partition coefficient (Wildman–Crippen LogP) is 3.30. The van der Waals surface area contributed by atoms with E-state index in [4.69, 9.17) is 0 Å². The molecule has 1 aromatic rings. The molecule has 0 saturated carbocycles. The Morgan fingerprint density at radius 3 is 2.86 bits per heavy atom. The van der Waals surface area contributed by atoms with E-state index >= 15 is 0 Å². The van der Waals surface area contributed by atoms with Crippen molar-refractivity contribution in [3.05, 3.63) is 35.4 Å². The van der Waals surface area contributed by atoms with Crippen LogP contribution in [0, 0.1) is 6.92 Å². The number of hydrogen-bond donors (Lipinski definition) is 1. The van der Waals surface area contributed by atoms with E-state index in [0.29, 0.717) is 0 Å². The first-order valence-electron chi connectivity index (χ1n) is 5.15. The predicted molar refractivity (Wildman–Crippen MR) is 71.0 cm³/mol. The number of nitrogens with one attached hydrogen (secondary N) is 1. The van der Waals surface area contributed by atoms with E-state index < -0.39 is 0 Å². The van der Waals surface area contributed by atoms with Crippen LogP contribution >= 0.6 is 22.6 Å². The normalized spacial score (nSPS) is 10.4. The van der Waals surface area contributed by atoms with Crippen LogP contribution in [0.4, 0.5) is 0 Å². The maximum Gasteiger partial charge on any atom is 0.0205 e. The summed E-state index contributed by atoms with van der Waals surface area (Å²) in [5, 5.41) is 3.46. The molecule has 0 amide bonds. The van der Waals surface area contributed by atoms with E-state index in [9.17, 15) is 0 Å². The summed E-state index contributed by atoms with van der Waals surface area (Å²) in [5.74, 6) is 0. The molecule has 78 valence electrons. The van der Waals surface area contributed by atoms with Gasteiger partial charge < -0.3 is 5.32 Å². The highest BCUT2D eigenvalue weighted by Crippen LogP contribution is 2.03. The molecule has 1 rings (SSSR count). The maximum absolute atomic E-state index is 3.46. The fraction of sp³-hybridized carbons (Fsp3) is 0.500. The standard InChI is InChI=1S/C12H18IN/c1-11-5-4-6-12(9-11)10-14-8-3-2-7-13/h4-6,9,14H,2-3,7-8,10H2,1H3. The van der Waals surface area contributed by atoms with Gasteiger partial charge in [-0.1, -0.05) is 52.4 Å². The fourth-order valence-electron chi connectivity index (χ4n) is 1.40. The maximum atomic E-state index is 3.46. The van der Waals surface area contributed by atoms with Crippen LogP contribution in [0.2, 0.25) is 0 Å². The van der Waals surface area contributed by atoms with Crippen LogP contribution in [-0.4, -0.2) is 11.0 Å². The summed E-state index contributed by atoms with van der Waals surface area (Å²) >= 11 is 2.43. The second-order valence-electron chi connectivity index (χ2n) is 3.56. The number of alkyl halides is 1. The van der Waals surface area contributed by atoms with E-state index in [1.165, 1.54) is 28.4 Å². The molecule has 0 saturated heterocycles. The van der Waals surface area contributed by atoms with Crippen LogP contribution in [0.25, 0.3) is 0 Å². The van der Waals surface area contributed by atoms with Crippen LogP contribution in [0.3, 0.4) is 0 Å². The minimum absolute atomic E-state index is 1.00. The molecule has 1 nitrogen and oxygen atoms in total. The Morgan fingerprint density at radius 2 is 2.14 bits per heavy atom. The summed E-state index contributed by atoms with van der Waals surface area (Å²) in [6.45, 7) is 4.28. The van der Waals surface area contributed by atoms with Crippen molar-refractivity contribution in [2.75, 3.05) is 11.0 Å². The topological polar surface area (TPSA) is 12.0 Å². The van der Waals surface area contributed by atoms with E-state index in [-0.39, 0.29) is 0 Å². The highest BCUT2D eigenvalue weighted by atomic mass is 127. The third-order valence-electron chi connectivity index (χ3n) is 2.15. The van der Waals surface area contributed by atoms with Crippen LogP contribution in [-0.2, 0) is 6.54 Å². The second-order valence-corrected chi connectivity index (χ2v) is 4.64. The molecule has 1 N–H and O–H groups in total. The molecular weight excluding hydrogens is 285 g/mol. The van der Waals surface area contributed by atoms with Crippen LogP contribution < -0.4 is 5.32 Å². The highest BCUT2D eigenvalue weighted by Gasteiger charge is 1.92. The van der Waals surface area contributed by atoms with Crippen molar-refractivity contribution in [2.45, 2.75) is 26.3 Å². The first-order valence-corrected chi connectivity index (χ1v) is 6.67. The van der Waals surface area contributed by atoms with Gasteiger partial charge in [0.2, 0.25) is 0 Å². The Labute approximate surface area is 100 Å². The number of hydrogen-bond acceptors (Lipinski definition) is 1. The zero-order valence-electron chi connectivity index (χ0n) is 8.72. The molecule has 0 spiro atoms. The highest BCUT2D eigenvalue weighted by molar-refractivity contribution is 14.1. The molecular formula is C12H18IN. The number of unbranched alkanes of at least 4 members (excludes halogenated alkanes) is 1. The Balaban J connectivity index is 2.18. The fourth-order valence-corrected chi connectivity index (χ4v) is 1.94. The third-order valence-corrected chi connectivity index (χ3v) is 2.91. The third kappa shape index (κ3) is 4.96. The molecule has 0 atom stereocenters. The van der Waals surface area contributed by atoms with Gasteiger partial charge in [0, 0.05) is 6.54 Å². The molecule has 14 heavy (non-hydrogen) atoms. The lowest BCUT2D eigenvalue weighted by Crippen LogP contribution is -2.14. The quantitative estimate of drug-likeness (QED) is 0.483. The molecule has 0 aromatic heterocycles. The molecule has 0 radical (unpaired) electrons. The van der Waals surface area contributed by atoms with E-state index in [0.717, 1.165) is 13.1 Å². The van der Waals surface area contributed by atoms with Gasteiger partial charge in [-0.2, -0.15) is 0 Å². The number of rotatable bonds is 6. The van der Waals surface area contributed by atoms with Crippen LogP contribution in [0.1, 0.15) is 24.0 Å². The number of halogens is 1. The average molecular weight is 303 g/mol. The van der Waals surface area contributed by atoms with Crippen molar-refractivity contribution >= 4 is 22.6 Å². The van der Waals surface area contributed by atoms with E-state index in [1.807, 2.05) is 0 Å². The summed E-state index contributed by atoms with van der Waals surface area (Å²) in [6.07, 6.45) is 2.61. The summed E-state index contributed by atoms with van der Waals surface area (Å²) in [4.78, 5) is 0. The number of benzene rings is 1. The van der Waals surface area contributed by atoms with Gasteiger partial charge in [-0.15, -0.1) is 0 Å². The van der Waals surface area contributed by atoms with Gasteiger partial charge in [0.1, 0.15) is 0 Å². The van der Waals surface area contributed by atoms with E-state index in [2.05, 4.69) is 59.1 Å². The molecule has 0 aliphatic carbocycles. The Kier molecular flexibility index (Phi) is 6.19. The van der Waals surface area contributed by atoms with Crippen molar-refractivity contribution in [1.29, 1.82) is 0 Å². The van der Waals surface area contributed by atoms with Gasteiger partial charge in [-0.25, -0.2) is 0 Å². The molecule has 1 aromatic carbocycles.